The molecule has 0 saturated heterocycles. The van der Waals surface area contributed by atoms with Crippen LogP contribution in [0, 0.1) is 6.92 Å². The fourth-order valence-electron chi connectivity index (χ4n) is 0.974. The van der Waals surface area contributed by atoms with E-state index in [2.05, 4.69) is 9.97 Å². The molecule has 0 aliphatic heterocycles. The molecule has 1 heterocycles. The van der Waals surface area contributed by atoms with E-state index < -0.39 is 0 Å². The normalized spacial score (nSPS) is 9.93. The lowest BCUT2D eigenvalue weighted by Gasteiger charge is -1.98. The number of hydrogen-bond acceptors (Lipinski definition) is 4. The number of imidazole rings is 1. The number of ether oxygens (including phenoxy) is 1. The van der Waals surface area contributed by atoms with E-state index in [0.29, 0.717) is 11.5 Å². The van der Waals surface area contributed by atoms with Crippen molar-refractivity contribution in [1.29, 1.82) is 0 Å². The van der Waals surface area contributed by atoms with E-state index in [0.717, 1.165) is 5.69 Å². The first-order valence-electron chi connectivity index (χ1n) is 4.20. The second kappa shape index (κ2) is 4.04. The summed E-state index contributed by atoms with van der Waals surface area (Å²) in [6, 6.07) is 0. The molecule has 0 unspecified atom stereocenters. The molecule has 0 bridgehead atoms. The Kier molecular flexibility index (Phi) is 3.01. The third kappa shape index (κ3) is 2.42. The quantitative estimate of drug-likeness (QED) is 0.577. The first-order valence-corrected chi connectivity index (χ1v) is 4.20. The number of carbonyl (C=O) groups is 2. The molecule has 0 spiro atoms. The zero-order valence-corrected chi connectivity index (χ0v) is 8.38. The molecule has 76 valence electrons. The highest BCUT2D eigenvalue weighted by Crippen LogP contribution is 2.06. The van der Waals surface area contributed by atoms with Gasteiger partial charge in [-0.15, -0.1) is 0 Å². The molecule has 5 heteroatoms. The number of aryl methyl sites for hydroxylation is 1. The van der Waals surface area contributed by atoms with Crippen molar-refractivity contribution in [3.05, 3.63) is 17.2 Å². The van der Waals surface area contributed by atoms with Gasteiger partial charge in [0, 0.05) is 19.5 Å². The van der Waals surface area contributed by atoms with Gasteiger partial charge in [-0.3, -0.25) is 9.59 Å². The predicted molar refractivity (Wildman–Crippen MR) is 48.8 cm³/mol. The van der Waals surface area contributed by atoms with Crippen molar-refractivity contribution in [1.82, 2.24) is 9.97 Å². The summed E-state index contributed by atoms with van der Waals surface area (Å²) in [7, 11) is 0. The van der Waals surface area contributed by atoms with Gasteiger partial charge in [0.15, 0.2) is 11.6 Å². The predicted octanol–water partition coefficient (Wildman–Crippen LogP) is 0.984. The number of hydrogen-bond donors (Lipinski definition) is 1. The van der Waals surface area contributed by atoms with Crippen LogP contribution in [0.2, 0.25) is 0 Å². The van der Waals surface area contributed by atoms with Crippen LogP contribution in [0.3, 0.4) is 0 Å². The summed E-state index contributed by atoms with van der Waals surface area (Å²) in [5.41, 5.74) is 1.34. The van der Waals surface area contributed by atoms with E-state index in [1.54, 1.807) is 6.92 Å². The van der Waals surface area contributed by atoms with E-state index in [1.165, 1.54) is 13.8 Å². The van der Waals surface area contributed by atoms with Gasteiger partial charge in [0.2, 0.25) is 0 Å². The Morgan fingerprint density at radius 2 is 2.07 bits per heavy atom. The molecule has 1 aromatic rings. The van der Waals surface area contributed by atoms with Crippen LogP contribution in [-0.2, 0) is 16.1 Å². The average molecular weight is 196 g/mol. The van der Waals surface area contributed by atoms with Crippen LogP contribution in [-0.4, -0.2) is 21.7 Å². The van der Waals surface area contributed by atoms with Crippen LogP contribution < -0.4 is 0 Å². The summed E-state index contributed by atoms with van der Waals surface area (Å²) >= 11 is 0. The highest BCUT2D eigenvalue weighted by Gasteiger charge is 2.10. The maximum absolute atomic E-state index is 10.9. The van der Waals surface area contributed by atoms with Crippen molar-refractivity contribution >= 4 is 11.8 Å². The molecule has 0 atom stereocenters. The smallest absolute Gasteiger partial charge is 0.303 e. The summed E-state index contributed by atoms with van der Waals surface area (Å²) in [6.07, 6.45) is 0. The van der Waals surface area contributed by atoms with Gasteiger partial charge in [-0.05, 0) is 6.92 Å². The molecule has 0 aromatic carbocycles. The van der Waals surface area contributed by atoms with Crippen LogP contribution in [0.1, 0.15) is 35.9 Å². The molecule has 0 aliphatic rings. The maximum atomic E-state index is 10.9. The number of nitrogens with zero attached hydrogens (tertiary/aromatic N) is 1. The number of Topliss-reactive ketones (excluding diaryl/α,β-unsaturated/α-hetero) is 1. The molecule has 0 amide bonds. The molecule has 1 N–H and O–H groups in total. The van der Waals surface area contributed by atoms with Gasteiger partial charge >= 0.3 is 5.97 Å². The molecule has 0 fully saturated rings. The lowest BCUT2D eigenvalue weighted by molar-refractivity contribution is -0.142. The molecular formula is C9H12N2O3. The van der Waals surface area contributed by atoms with E-state index >= 15 is 0 Å². The van der Waals surface area contributed by atoms with E-state index in [4.69, 9.17) is 4.74 Å². The van der Waals surface area contributed by atoms with Crippen molar-refractivity contribution in [2.24, 2.45) is 0 Å². The minimum absolute atomic E-state index is 0.102. The minimum Gasteiger partial charge on any atom is -0.459 e. The highest BCUT2D eigenvalue weighted by molar-refractivity contribution is 5.90. The summed E-state index contributed by atoms with van der Waals surface area (Å²) in [5, 5.41) is 0. The topological polar surface area (TPSA) is 72.0 Å². The largest absolute Gasteiger partial charge is 0.459 e. The number of esters is 1. The number of aromatic nitrogens is 2. The van der Waals surface area contributed by atoms with E-state index in [-0.39, 0.29) is 18.4 Å². The summed E-state index contributed by atoms with van der Waals surface area (Å²) in [4.78, 5) is 28.3. The Labute approximate surface area is 81.5 Å². The van der Waals surface area contributed by atoms with Crippen molar-refractivity contribution in [3.8, 4) is 0 Å². The first-order chi connectivity index (χ1) is 6.50. The van der Waals surface area contributed by atoms with Gasteiger partial charge in [-0.2, -0.15) is 0 Å². The number of H-pyrrole nitrogens is 1. The van der Waals surface area contributed by atoms with E-state index in [9.17, 15) is 9.59 Å². The van der Waals surface area contributed by atoms with Gasteiger partial charge in [0.25, 0.3) is 0 Å². The molecular weight excluding hydrogens is 184 g/mol. The van der Waals surface area contributed by atoms with Crippen molar-refractivity contribution in [3.63, 3.8) is 0 Å². The molecule has 5 nitrogen and oxygen atoms in total. The lowest BCUT2D eigenvalue weighted by atomic mass is 10.4. The summed E-state index contributed by atoms with van der Waals surface area (Å²) < 4.78 is 4.77. The minimum atomic E-state index is -0.364. The van der Waals surface area contributed by atoms with Crippen LogP contribution in [0.5, 0.6) is 0 Å². The number of carbonyl (C=O) groups excluding carboxylic acids is 2. The number of aromatic amines is 1. The van der Waals surface area contributed by atoms with Crippen LogP contribution >= 0.6 is 0 Å². The second-order valence-corrected chi connectivity index (χ2v) is 2.99. The Hall–Kier alpha value is -1.65. The van der Waals surface area contributed by atoms with Gasteiger partial charge in [0.1, 0.15) is 6.61 Å². The highest BCUT2D eigenvalue weighted by atomic mass is 16.5. The van der Waals surface area contributed by atoms with Gasteiger partial charge in [0.05, 0.1) is 5.69 Å². The average Bonchev–Trinajstić information content (AvgIpc) is 2.43. The molecule has 1 aromatic heterocycles. The van der Waals surface area contributed by atoms with Crippen LogP contribution in [0.4, 0.5) is 0 Å². The number of rotatable bonds is 3. The molecule has 0 saturated carbocycles. The molecule has 0 radical (unpaired) electrons. The standard InChI is InChI=1S/C9H12N2O3/c1-5-8(4-14-7(3)13)11-9(10-5)6(2)12/h4H2,1-3H3,(H,10,11). The monoisotopic (exact) mass is 196 g/mol. The van der Waals surface area contributed by atoms with Gasteiger partial charge < -0.3 is 9.72 Å². The fraction of sp³-hybridized carbons (Fsp3) is 0.444. The van der Waals surface area contributed by atoms with Crippen LogP contribution in [0.15, 0.2) is 0 Å². The second-order valence-electron chi connectivity index (χ2n) is 2.99. The van der Waals surface area contributed by atoms with Crippen LogP contribution in [0.25, 0.3) is 0 Å². The Bertz CT molecular complexity index is 368. The Balaban J connectivity index is 2.77. The molecule has 0 aliphatic carbocycles. The SMILES string of the molecule is CC(=O)OCc1nc(C(C)=O)[nH]c1C. The summed E-state index contributed by atoms with van der Waals surface area (Å²) in [5.74, 6) is -0.205. The van der Waals surface area contributed by atoms with Gasteiger partial charge in [-0.1, -0.05) is 0 Å². The third-order valence-corrected chi connectivity index (χ3v) is 1.73. The van der Waals surface area contributed by atoms with E-state index in [1.807, 2.05) is 0 Å². The molecule has 14 heavy (non-hydrogen) atoms. The molecule has 1 rings (SSSR count). The third-order valence-electron chi connectivity index (χ3n) is 1.73. The number of nitrogens with one attached hydrogen (secondary N) is 1. The fourth-order valence-corrected chi connectivity index (χ4v) is 0.974. The zero-order chi connectivity index (χ0) is 10.7. The summed E-state index contributed by atoms with van der Waals surface area (Å²) in [6.45, 7) is 4.63. The van der Waals surface area contributed by atoms with Gasteiger partial charge in [-0.25, -0.2) is 4.98 Å². The van der Waals surface area contributed by atoms with Crippen molar-refractivity contribution < 1.29 is 14.3 Å². The maximum Gasteiger partial charge on any atom is 0.303 e. The Morgan fingerprint density at radius 3 is 2.50 bits per heavy atom. The lowest BCUT2D eigenvalue weighted by Crippen LogP contribution is -2.00. The zero-order valence-electron chi connectivity index (χ0n) is 8.38. The number of ketones is 1. The van der Waals surface area contributed by atoms with Crippen molar-refractivity contribution in [2.75, 3.05) is 0 Å². The van der Waals surface area contributed by atoms with Crippen molar-refractivity contribution in [2.45, 2.75) is 27.4 Å². The Morgan fingerprint density at radius 1 is 1.43 bits per heavy atom. The first kappa shape index (κ1) is 10.4.